The Morgan fingerprint density at radius 2 is 2.25 bits per heavy atom. The number of carbonyl (C=O) groups is 1. The average molecular weight is 337 g/mol. The predicted molar refractivity (Wildman–Crippen MR) is 79.1 cm³/mol. The number of aromatic carboxylic acids is 1. The molecule has 104 valence electrons. The Bertz CT molecular complexity index is 834. The van der Waals surface area contributed by atoms with Crippen LogP contribution in [0, 0.1) is 0 Å². The number of benzene rings is 1. The fourth-order valence-electron chi connectivity index (χ4n) is 2.36. The van der Waals surface area contributed by atoms with Crippen molar-refractivity contribution in [2.24, 2.45) is 7.05 Å². The second-order valence-corrected chi connectivity index (χ2v) is 5.33. The van der Waals surface area contributed by atoms with Gasteiger partial charge in [0.1, 0.15) is 4.60 Å². The van der Waals surface area contributed by atoms with Crippen LogP contribution in [0.1, 0.15) is 16.1 Å². The fourth-order valence-corrected chi connectivity index (χ4v) is 3.12. The molecule has 0 radical (unpaired) electrons. The number of nitrogens with one attached hydrogen (secondary N) is 1. The number of hydrogen-bond donors (Lipinski definition) is 2. The lowest BCUT2D eigenvalue weighted by molar-refractivity contribution is 0.0697. The molecule has 3 rings (SSSR count). The van der Waals surface area contributed by atoms with Gasteiger partial charge in [-0.1, -0.05) is 0 Å². The molecule has 0 fully saturated rings. The maximum atomic E-state index is 11.1. The summed E-state index contributed by atoms with van der Waals surface area (Å²) in [6.07, 6.45) is 0. The van der Waals surface area contributed by atoms with Gasteiger partial charge in [0.15, 0.2) is 0 Å². The predicted octanol–water partition coefficient (Wildman–Crippen LogP) is 2.01. The van der Waals surface area contributed by atoms with E-state index in [4.69, 9.17) is 5.11 Å². The smallest absolute Gasteiger partial charge is 0.335 e. The molecule has 0 aliphatic carbocycles. The molecule has 0 aliphatic heterocycles. The molecule has 2 heterocycles. The van der Waals surface area contributed by atoms with Gasteiger partial charge in [0.2, 0.25) is 5.78 Å². The molecule has 20 heavy (non-hydrogen) atoms. The van der Waals surface area contributed by atoms with Gasteiger partial charge in [-0.3, -0.25) is 4.40 Å². The molecule has 0 spiro atoms. The van der Waals surface area contributed by atoms with E-state index >= 15 is 0 Å². The maximum Gasteiger partial charge on any atom is 0.335 e. The zero-order valence-corrected chi connectivity index (χ0v) is 12.6. The highest BCUT2D eigenvalue weighted by Gasteiger charge is 2.18. The van der Waals surface area contributed by atoms with Crippen LogP contribution >= 0.6 is 15.9 Å². The van der Waals surface area contributed by atoms with Crippen LogP contribution in [0.4, 0.5) is 0 Å². The van der Waals surface area contributed by atoms with Gasteiger partial charge < -0.3 is 15.0 Å². The molecule has 0 bridgehead atoms. The Kier molecular flexibility index (Phi) is 3.02. The largest absolute Gasteiger partial charge is 0.478 e. The topological polar surface area (TPSA) is 71.6 Å². The summed E-state index contributed by atoms with van der Waals surface area (Å²) in [5.41, 5.74) is 2.87. The molecule has 2 N–H and O–H groups in total. The minimum atomic E-state index is -0.940. The van der Waals surface area contributed by atoms with Gasteiger partial charge in [-0.15, -0.1) is 0 Å². The van der Waals surface area contributed by atoms with Crippen LogP contribution in [0.3, 0.4) is 0 Å². The van der Waals surface area contributed by atoms with E-state index in [0.717, 1.165) is 27.1 Å². The standard InChI is InChI=1S/C13H13BrN4O2/c1-15-6-10-11(14)18-9-5-7(12(19)20)3-4-8(9)16-13(18)17(10)2/h3-5,15H,6H2,1-2H3,(H,19,20). The number of rotatable bonds is 3. The summed E-state index contributed by atoms with van der Waals surface area (Å²) < 4.78 is 4.80. The van der Waals surface area contributed by atoms with E-state index in [-0.39, 0.29) is 5.56 Å². The van der Waals surface area contributed by atoms with Crippen LogP contribution < -0.4 is 5.32 Å². The number of carboxylic acids is 1. The van der Waals surface area contributed by atoms with Crippen LogP contribution in [-0.4, -0.2) is 32.1 Å². The summed E-state index contributed by atoms with van der Waals surface area (Å²) in [6, 6.07) is 4.95. The highest BCUT2D eigenvalue weighted by Crippen LogP contribution is 2.27. The lowest BCUT2D eigenvalue weighted by Gasteiger charge is -2.02. The molecule has 0 unspecified atom stereocenters. The number of halogens is 1. The summed E-state index contributed by atoms with van der Waals surface area (Å²) in [7, 11) is 3.82. The quantitative estimate of drug-likeness (QED) is 0.767. The summed E-state index contributed by atoms with van der Waals surface area (Å²) >= 11 is 3.58. The number of fused-ring (bicyclic) bond motifs is 3. The lowest BCUT2D eigenvalue weighted by atomic mass is 10.2. The summed E-state index contributed by atoms with van der Waals surface area (Å²) in [6.45, 7) is 0.695. The minimum absolute atomic E-state index is 0.255. The third-order valence-electron chi connectivity index (χ3n) is 3.37. The Morgan fingerprint density at radius 3 is 2.90 bits per heavy atom. The van der Waals surface area contributed by atoms with Gasteiger partial charge in [0, 0.05) is 13.6 Å². The molecule has 0 amide bonds. The Balaban J connectivity index is 2.38. The van der Waals surface area contributed by atoms with Gasteiger partial charge >= 0.3 is 5.97 Å². The van der Waals surface area contributed by atoms with E-state index in [1.807, 2.05) is 23.1 Å². The number of carboxylic acid groups (broad SMARTS) is 1. The van der Waals surface area contributed by atoms with E-state index in [9.17, 15) is 4.79 Å². The zero-order valence-electron chi connectivity index (χ0n) is 11.0. The normalized spacial score (nSPS) is 11.6. The van der Waals surface area contributed by atoms with Crippen LogP contribution in [0.2, 0.25) is 0 Å². The van der Waals surface area contributed by atoms with Crippen LogP contribution in [0.15, 0.2) is 22.8 Å². The van der Waals surface area contributed by atoms with Crippen molar-refractivity contribution in [1.82, 2.24) is 19.3 Å². The first-order chi connectivity index (χ1) is 9.54. The first-order valence-corrected chi connectivity index (χ1v) is 6.87. The molecule has 0 saturated heterocycles. The third kappa shape index (κ3) is 1.74. The Labute approximate surface area is 123 Å². The number of hydrogen-bond acceptors (Lipinski definition) is 3. The lowest BCUT2D eigenvalue weighted by Crippen LogP contribution is -2.09. The number of imidazole rings is 2. The molecule has 2 aromatic heterocycles. The fraction of sp³-hybridized carbons (Fsp3) is 0.231. The summed E-state index contributed by atoms with van der Waals surface area (Å²) in [5.74, 6) is -0.163. The second kappa shape index (κ2) is 4.60. The molecule has 0 aliphatic rings. The Morgan fingerprint density at radius 1 is 1.50 bits per heavy atom. The van der Waals surface area contributed by atoms with Gasteiger partial charge in [-0.25, -0.2) is 9.78 Å². The van der Waals surface area contributed by atoms with Gasteiger partial charge in [0.25, 0.3) is 0 Å². The van der Waals surface area contributed by atoms with E-state index < -0.39 is 5.97 Å². The van der Waals surface area contributed by atoms with Crippen molar-refractivity contribution in [3.8, 4) is 0 Å². The van der Waals surface area contributed by atoms with Crippen molar-refractivity contribution >= 4 is 38.7 Å². The zero-order chi connectivity index (χ0) is 14.4. The highest BCUT2D eigenvalue weighted by molar-refractivity contribution is 9.10. The van der Waals surface area contributed by atoms with Gasteiger partial charge in [-0.2, -0.15) is 0 Å². The molecule has 1 aromatic carbocycles. The van der Waals surface area contributed by atoms with Crippen molar-refractivity contribution in [1.29, 1.82) is 0 Å². The monoisotopic (exact) mass is 336 g/mol. The van der Waals surface area contributed by atoms with E-state index in [2.05, 4.69) is 26.2 Å². The van der Waals surface area contributed by atoms with Crippen molar-refractivity contribution in [3.63, 3.8) is 0 Å². The number of aromatic nitrogens is 3. The van der Waals surface area contributed by atoms with Crippen LogP contribution in [-0.2, 0) is 13.6 Å². The van der Waals surface area contributed by atoms with Crippen LogP contribution in [0.25, 0.3) is 16.8 Å². The first kappa shape index (κ1) is 13.1. The van der Waals surface area contributed by atoms with E-state index in [0.29, 0.717) is 6.54 Å². The molecular formula is C13H13BrN4O2. The second-order valence-electron chi connectivity index (χ2n) is 4.58. The molecule has 3 aromatic rings. The van der Waals surface area contributed by atoms with Crippen molar-refractivity contribution in [3.05, 3.63) is 34.1 Å². The highest BCUT2D eigenvalue weighted by atomic mass is 79.9. The first-order valence-electron chi connectivity index (χ1n) is 6.07. The van der Waals surface area contributed by atoms with Gasteiger partial charge in [0.05, 0.1) is 22.3 Å². The van der Waals surface area contributed by atoms with E-state index in [1.54, 1.807) is 18.2 Å². The SMILES string of the molecule is CNCc1c(Br)n2c3cc(C(=O)O)ccc3nc2n1C. The molecule has 6 nitrogen and oxygen atoms in total. The van der Waals surface area contributed by atoms with Crippen LogP contribution in [0.5, 0.6) is 0 Å². The Hall–Kier alpha value is -1.86. The summed E-state index contributed by atoms with van der Waals surface area (Å²) in [4.78, 5) is 15.7. The van der Waals surface area contributed by atoms with Crippen molar-refractivity contribution in [2.75, 3.05) is 7.05 Å². The molecule has 0 atom stereocenters. The molecule has 0 saturated carbocycles. The number of nitrogens with zero attached hydrogens (tertiary/aromatic N) is 3. The minimum Gasteiger partial charge on any atom is -0.478 e. The summed E-state index contributed by atoms with van der Waals surface area (Å²) in [5, 5.41) is 12.2. The number of aryl methyl sites for hydroxylation is 1. The molecular weight excluding hydrogens is 324 g/mol. The third-order valence-corrected chi connectivity index (χ3v) is 4.18. The van der Waals surface area contributed by atoms with Crippen molar-refractivity contribution in [2.45, 2.75) is 6.54 Å². The molecule has 7 heteroatoms. The van der Waals surface area contributed by atoms with E-state index in [1.165, 1.54) is 0 Å². The van der Waals surface area contributed by atoms with Crippen molar-refractivity contribution < 1.29 is 9.90 Å². The maximum absolute atomic E-state index is 11.1. The van der Waals surface area contributed by atoms with Gasteiger partial charge in [-0.05, 0) is 41.2 Å². The average Bonchev–Trinajstić information content (AvgIpc) is 2.90.